The third-order valence-corrected chi connectivity index (χ3v) is 4.74. The highest BCUT2D eigenvalue weighted by Gasteiger charge is 2.21. The second kappa shape index (κ2) is 8.35. The molecule has 0 radical (unpaired) electrons. The van der Waals surface area contributed by atoms with Gasteiger partial charge in [-0.05, 0) is 51.9 Å². The number of piperidine rings is 2. The number of nitrogens with zero attached hydrogens (tertiary/aromatic N) is 1. The Morgan fingerprint density at radius 3 is 2.18 bits per heavy atom. The molecule has 0 aromatic heterocycles. The standard InChI is InChI=1S/C10H20N2.C3H7NS/c1-2-8-12(9-3-1)10-4-6-11-7-5-10;1-2-5-3-4-1/h10-11H,1-9H2;4H,1-3H2. The summed E-state index contributed by atoms with van der Waals surface area (Å²) < 4.78 is 0. The summed E-state index contributed by atoms with van der Waals surface area (Å²) in [6.07, 6.45) is 7.08. The van der Waals surface area contributed by atoms with E-state index >= 15 is 0 Å². The van der Waals surface area contributed by atoms with Gasteiger partial charge in [-0.3, -0.25) is 0 Å². The van der Waals surface area contributed by atoms with E-state index in [9.17, 15) is 0 Å². The fourth-order valence-electron chi connectivity index (χ4n) is 2.82. The van der Waals surface area contributed by atoms with E-state index in [2.05, 4.69) is 15.5 Å². The van der Waals surface area contributed by atoms with Crippen LogP contribution in [0.15, 0.2) is 0 Å². The Labute approximate surface area is 110 Å². The summed E-state index contributed by atoms with van der Waals surface area (Å²) in [6.45, 7) is 6.42. The largest absolute Gasteiger partial charge is 0.317 e. The maximum Gasteiger partial charge on any atom is 0.0418 e. The first-order chi connectivity index (χ1) is 8.47. The third kappa shape index (κ3) is 5.16. The lowest BCUT2D eigenvalue weighted by molar-refractivity contribution is 0.136. The van der Waals surface area contributed by atoms with E-state index in [1.807, 2.05) is 11.8 Å². The van der Waals surface area contributed by atoms with Crippen LogP contribution in [0.2, 0.25) is 0 Å². The number of hydrogen-bond donors (Lipinski definition) is 2. The van der Waals surface area contributed by atoms with Crippen molar-refractivity contribution in [2.75, 3.05) is 44.4 Å². The summed E-state index contributed by atoms with van der Waals surface area (Å²) >= 11 is 1.96. The molecule has 0 unspecified atom stereocenters. The van der Waals surface area contributed by atoms with Crippen molar-refractivity contribution in [3.05, 3.63) is 0 Å². The van der Waals surface area contributed by atoms with E-state index < -0.39 is 0 Å². The molecule has 17 heavy (non-hydrogen) atoms. The average molecular weight is 257 g/mol. The van der Waals surface area contributed by atoms with Crippen molar-refractivity contribution in [2.24, 2.45) is 0 Å². The molecule has 2 N–H and O–H groups in total. The maximum atomic E-state index is 3.43. The molecule has 0 spiro atoms. The van der Waals surface area contributed by atoms with E-state index in [0.717, 1.165) is 6.04 Å². The fraction of sp³-hybridized carbons (Fsp3) is 1.00. The van der Waals surface area contributed by atoms with Gasteiger partial charge in [0.25, 0.3) is 0 Å². The predicted octanol–water partition coefficient (Wildman–Crippen LogP) is 1.50. The lowest BCUT2D eigenvalue weighted by Crippen LogP contribution is -2.45. The van der Waals surface area contributed by atoms with E-state index in [1.165, 1.54) is 76.5 Å². The van der Waals surface area contributed by atoms with Crippen molar-refractivity contribution in [1.82, 2.24) is 15.5 Å². The van der Waals surface area contributed by atoms with Gasteiger partial charge in [0.05, 0.1) is 0 Å². The predicted molar refractivity (Wildman–Crippen MR) is 76.6 cm³/mol. The molecule has 0 atom stereocenters. The Kier molecular flexibility index (Phi) is 6.71. The van der Waals surface area contributed by atoms with Crippen molar-refractivity contribution in [3.8, 4) is 0 Å². The Bertz CT molecular complexity index is 161. The SMILES string of the molecule is C1CCN(C2CCNCC2)CC1.C1CSCN1. The molecule has 3 rings (SSSR count). The molecule has 0 aromatic carbocycles. The Hall–Kier alpha value is 0.230. The Balaban J connectivity index is 0.000000181. The molecule has 0 bridgehead atoms. The number of likely N-dealkylation sites (tertiary alicyclic amines) is 1. The van der Waals surface area contributed by atoms with Gasteiger partial charge in [0.15, 0.2) is 0 Å². The van der Waals surface area contributed by atoms with Gasteiger partial charge in [-0.15, -0.1) is 11.8 Å². The molecule has 4 heteroatoms. The minimum Gasteiger partial charge on any atom is -0.317 e. The van der Waals surface area contributed by atoms with Gasteiger partial charge in [0, 0.05) is 24.2 Å². The van der Waals surface area contributed by atoms with Crippen molar-refractivity contribution in [1.29, 1.82) is 0 Å². The average Bonchev–Trinajstić information content (AvgIpc) is 3.00. The van der Waals surface area contributed by atoms with Gasteiger partial charge < -0.3 is 15.5 Å². The third-order valence-electron chi connectivity index (χ3n) is 3.84. The van der Waals surface area contributed by atoms with Crippen LogP contribution in [-0.4, -0.2) is 55.3 Å². The minimum absolute atomic E-state index is 0.909. The molecule has 0 saturated carbocycles. The van der Waals surface area contributed by atoms with Crippen LogP contribution in [0.4, 0.5) is 0 Å². The normalized spacial score (nSPS) is 27.5. The van der Waals surface area contributed by atoms with E-state index in [4.69, 9.17) is 0 Å². The molecule has 0 aliphatic carbocycles. The van der Waals surface area contributed by atoms with Gasteiger partial charge in [-0.25, -0.2) is 0 Å². The minimum atomic E-state index is 0.909. The van der Waals surface area contributed by atoms with E-state index in [0.29, 0.717) is 0 Å². The summed E-state index contributed by atoms with van der Waals surface area (Å²) in [4.78, 5) is 2.71. The highest BCUT2D eigenvalue weighted by molar-refractivity contribution is 7.99. The van der Waals surface area contributed by atoms with Crippen molar-refractivity contribution < 1.29 is 0 Å². The first-order valence-corrected chi connectivity index (χ1v) is 8.35. The fourth-order valence-corrected chi connectivity index (χ4v) is 3.54. The monoisotopic (exact) mass is 257 g/mol. The zero-order chi connectivity index (χ0) is 11.8. The number of rotatable bonds is 1. The Morgan fingerprint density at radius 1 is 0.882 bits per heavy atom. The summed E-state index contributed by atoms with van der Waals surface area (Å²) in [7, 11) is 0. The maximum absolute atomic E-state index is 3.43. The van der Waals surface area contributed by atoms with Crippen LogP contribution in [0.1, 0.15) is 32.1 Å². The van der Waals surface area contributed by atoms with Gasteiger partial charge in [-0.2, -0.15) is 0 Å². The molecular weight excluding hydrogens is 230 g/mol. The van der Waals surface area contributed by atoms with Gasteiger partial charge >= 0.3 is 0 Å². The summed E-state index contributed by atoms with van der Waals surface area (Å²) in [5.41, 5.74) is 0. The molecule has 0 amide bonds. The lowest BCUT2D eigenvalue weighted by atomic mass is 10.0. The molecule has 3 aliphatic heterocycles. The summed E-state index contributed by atoms with van der Waals surface area (Å²) in [5, 5.41) is 6.61. The van der Waals surface area contributed by atoms with Crippen LogP contribution in [0.25, 0.3) is 0 Å². The van der Waals surface area contributed by atoms with Crippen LogP contribution >= 0.6 is 11.8 Å². The molecule has 3 nitrogen and oxygen atoms in total. The topological polar surface area (TPSA) is 27.3 Å². The second-order valence-electron chi connectivity index (χ2n) is 5.13. The number of nitrogens with one attached hydrogen (secondary N) is 2. The van der Waals surface area contributed by atoms with Crippen LogP contribution < -0.4 is 10.6 Å². The first kappa shape index (κ1) is 13.7. The van der Waals surface area contributed by atoms with Crippen molar-refractivity contribution >= 4 is 11.8 Å². The quantitative estimate of drug-likeness (QED) is 0.744. The smallest absolute Gasteiger partial charge is 0.0418 e. The molecule has 3 saturated heterocycles. The second-order valence-corrected chi connectivity index (χ2v) is 6.24. The molecule has 100 valence electrons. The number of thioether (sulfide) groups is 1. The molecule has 3 fully saturated rings. The van der Waals surface area contributed by atoms with E-state index in [-0.39, 0.29) is 0 Å². The molecule has 3 heterocycles. The van der Waals surface area contributed by atoms with Gasteiger partial charge in [0.2, 0.25) is 0 Å². The van der Waals surface area contributed by atoms with Crippen molar-refractivity contribution in [2.45, 2.75) is 38.1 Å². The van der Waals surface area contributed by atoms with Crippen molar-refractivity contribution in [3.63, 3.8) is 0 Å². The zero-order valence-corrected chi connectivity index (χ0v) is 11.7. The summed E-state index contributed by atoms with van der Waals surface area (Å²) in [6, 6.07) is 0.909. The van der Waals surface area contributed by atoms with Crippen LogP contribution in [0, 0.1) is 0 Å². The lowest BCUT2D eigenvalue weighted by Gasteiger charge is -2.36. The van der Waals surface area contributed by atoms with Gasteiger partial charge in [0.1, 0.15) is 0 Å². The van der Waals surface area contributed by atoms with Crippen LogP contribution in [0.3, 0.4) is 0 Å². The van der Waals surface area contributed by atoms with Crippen LogP contribution in [-0.2, 0) is 0 Å². The van der Waals surface area contributed by atoms with Crippen LogP contribution in [0.5, 0.6) is 0 Å². The number of hydrogen-bond acceptors (Lipinski definition) is 4. The first-order valence-electron chi connectivity index (χ1n) is 7.20. The zero-order valence-electron chi connectivity index (χ0n) is 10.9. The van der Waals surface area contributed by atoms with E-state index in [1.54, 1.807) is 0 Å². The molecule has 0 aromatic rings. The molecular formula is C13H27N3S. The summed E-state index contributed by atoms with van der Waals surface area (Å²) in [5.74, 6) is 2.47. The molecule has 3 aliphatic rings. The highest BCUT2D eigenvalue weighted by Crippen LogP contribution is 2.17. The Morgan fingerprint density at radius 2 is 1.65 bits per heavy atom. The van der Waals surface area contributed by atoms with Gasteiger partial charge in [-0.1, -0.05) is 6.42 Å². The highest BCUT2D eigenvalue weighted by atomic mass is 32.2.